The van der Waals surface area contributed by atoms with Crippen molar-refractivity contribution in [2.45, 2.75) is 24.9 Å². The molecule has 4 aromatic rings. The molecule has 0 saturated heterocycles. The maximum atomic E-state index is 13.5. The predicted molar refractivity (Wildman–Crippen MR) is 150 cm³/mol. The Labute approximate surface area is 230 Å². The second-order valence-corrected chi connectivity index (χ2v) is 10.8. The van der Waals surface area contributed by atoms with Crippen LogP contribution in [0, 0.1) is 0 Å². The molecule has 0 saturated carbocycles. The minimum absolute atomic E-state index is 0.282. The number of thiazole rings is 1. The Kier molecular flexibility index (Phi) is 9.60. The fourth-order valence-electron chi connectivity index (χ4n) is 3.77. The van der Waals surface area contributed by atoms with Crippen LogP contribution in [0.3, 0.4) is 0 Å². The summed E-state index contributed by atoms with van der Waals surface area (Å²) in [6, 6.07) is 19.0. The van der Waals surface area contributed by atoms with Crippen molar-refractivity contribution in [3.8, 4) is 9.88 Å². The Balaban J connectivity index is 1.58. The average molecular weight is 571 g/mol. The van der Waals surface area contributed by atoms with Gasteiger partial charge in [-0.15, -0.1) is 22.7 Å². The van der Waals surface area contributed by atoms with Gasteiger partial charge in [0.15, 0.2) is 0 Å². The van der Waals surface area contributed by atoms with E-state index < -0.39 is 29.4 Å². The van der Waals surface area contributed by atoms with Gasteiger partial charge < -0.3 is 15.4 Å². The molecule has 198 valence electrons. The molecule has 0 fully saturated rings. The molecule has 0 aliphatic rings. The third kappa shape index (κ3) is 7.71. The lowest BCUT2D eigenvalue weighted by molar-refractivity contribution is -0.123. The number of alkyl carbamates (subject to hydrolysis) is 1. The summed E-state index contributed by atoms with van der Waals surface area (Å²) in [5, 5.41) is 10.5. The van der Waals surface area contributed by atoms with E-state index >= 15 is 0 Å². The van der Waals surface area contributed by atoms with Crippen LogP contribution in [0.5, 0.6) is 0 Å². The summed E-state index contributed by atoms with van der Waals surface area (Å²) in [6.07, 6.45) is -0.00127. The van der Waals surface area contributed by atoms with Crippen LogP contribution in [-0.2, 0) is 33.6 Å². The van der Waals surface area contributed by atoms with E-state index in [9.17, 15) is 13.8 Å². The lowest BCUT2D eigenvalue weighted by Gasteiger charge is -2.23. The Morgan fingerprint density at radius 2 is 1.71 bits per heavy atom. The first-order chi connectivity index (χ1) is 18.4. The van der Waals surface area contributed by atoms with Crippen molar-refractivity contribution in [2.75, 3.05) is 11.8 Å². The largest absolute Gasteiger partial charge is 0.453 e. The minimum atomic E-state index is -2.17. The van der Waals surface area contributed by atoms with Gasteiger partial charge in [0, 0.05) is 17.5 Å². The number of thiophene rings is 1. The lowest BCUT2D eigenvalue weighted by atomic mass is 10.0. The standard InChI is InChI=1S/C26H26N4O5S3/c1-35-26(32)29-21(15-17-6-3-2-4-7-17)24(31)27-20(14-18-9-11-19(12-10-18)30-38(33)34)22-16-37-25(28-22)23-8-5-13-36-23/h2-13,16,20-21,30H,14-15H2,1H3,(H,27,31)(H,29,32)(H,33,34)/t20-,21+/m1/s1. The second-order valence-electron chi connectivity index (χ2n) is 8.25. The monoisotopic (exact) mass is 570 g/mol. The van der Waals surface area contributed by atoms with Gasteiger partial charge in [-0.3, -0.25) is 14.1 Å². The molecule has 0 spiro atoms. The van der Waals surface area contributed by atoms with Crippen molar-refractivity contribution in [3.63, 3.8) is 0 Å². The molecule has 0 radical (unpaired) electrons. The van der Waals surface area contributed by atoms with Crippen LogP contribution in [0.2, 0.25) is 0 Å². The van der Waals surface area contributed by atoms with Crippen molar-refractivity contribution in [1.29, 1.82) is 0 Å². The van der Waals surface area contributed by atoms with Gasteiger partial charge in [0.05, 0.1) is 23.7 Å². The molecule has 0 aliphatic carbocycles. The summed E-state index contributed by atoms with van der Waals surface area (Å²) in [7, 11) is 1.25. The number of anilines is 1. The third-order valence-corrected chi connectivity index (χ3v) is 7.91. The van der Waals surface area contributed by atoms with Crippen molar-refractivity contribution in [3.05, 3.63) is 94.3 Å². The number of amides is 2. The molecule has 2 heterocycles. The number of benzene rings is 2. The number of rotatable bonds is 11. The highest BCUT2D eigenvalue weighted by atomic mass is 32.2. The van der Waals surface area contributed by atoms with Gasteiger partial charge in [0.25, 0.3) is 11.3 Å². The molecule has 4 rings (SSSR count). The van der Waals surface area contributed by atoms with Gasteiger partial charge in [-0.25, -0.2) is 14.0 Å². The molecular formula is C26H26N4O5S3. The molecule has 38 heavy (non-hydrogen) atoms. The molecule has 2 aromatic carbocycles. The van der Waals surface area contributed by atoms with Crippen molar-refractivity contribution >= 4 is 51.6 Å². The summed E-state index contributed by atoms with van der Waals surface area (Å²) in [5.74, 6) is -0.371. The Morgan fingerprint density at radius 1 is 0.974 bits per heavy atom. The topological polar surface area (TPSA) is 130 Å². The van der Waals surface area contributed by atoms with Crippen molar-refractivity contribution < 1.29 is 23.1 Å². The number of carbonyl (C=O) groups excluding carboxylic acids is 2. The first kappa shape index (κ1) is 27.5. The molecule has 9 nitrogen and oxygen atoms in total. The SMILES string of the molecule is COC(=O)N[C@@H](Cc1ccccc1)C(=O)N[C@H](Cc1ccc(NS(=O)O)cc1)c1csc(-c2cccs2)n1. The summed E-state index contributed by atoms with van der Waals surface area (Å²) in [5.41, 5.74) is 2.96. The number of hydrogen-bond acceptors (Lipinski definition) is 7. The van der Waals surface area contributed by atoms with Gasteiger partial charge in [0.2, 0.25) is 5.91 Å². The van der Waals surface area contributed by atoms with Crippen LogP contribution in [0.4, 0.5) is 10.5 Å². The van der Waals surface area contributed by atoms with Gasteiger partial charge in [-0.1, -0.05) is 48.5 Å². The highest BCUT2D eigenvalue weighted by Gasteiger charge is 2.26. The minimum Gasteiger partial charge on any atom is -0.453 e. The number of aromatic nitrogens is 1. The molecule has 4 N–H and O–H groups in total. The van der Waals surface area contributed by atoms with Gasteiger partial charge in [-0.05, 0) is 41.1 Å². The Morgan fingerprint density at radius 3 is 2.37 bits per heavy atom. The lowest BCUT2D eigenvalue weighted by Crippen LogP contribution is -2.49. The van der Waals surface area contributed by atoms with E-state index in [-0.39, 0.29) is 12.3 Å². The van der Waals surface area contributed by atoms with E-state index in [1.54, 1.807) is 23.5 Å². The van der Waals surface area contributed by atoms with Gasteiger partial charge in [0.1, 0.15) is 11.0 Å². The first-order valence-electron chi connectivity index (χ1n) is 11.6. The Bertz CT molecular complexity index is 1360. The van der Waals surface area contributed by atoms with E-state index in [1.165, 1.54) is 18.4 Å². The van der Waals surface area contributed by atoms with E-state index in [0.717, 1.165) is 21.0 Å². The summed E-state index contributed by atoms with van der Waals surface area (Å²) in [4.78, 5) is 31.4. The predicted octanol–water partition coefficient (Wildman–Crippen LogP) is 4.79. The maximum Gasteiger partial charge on any atom is 0.407 e. The van der Waals surface area contributed by atoms with E-state index in [1.807, 2.05) is 65.4 Å². The number of ether oxygens (including phenoxy) is 1. The van der Waals surface area contributed by atoms with Crippen LogP contribution < -0.4 is 15.4 Å². The van der Waals surface area contributed by atoms with Crippen molar-refractivity contribution in [2.24, 2.45) is 0 Å². The normalized spacial score (nSPS) is 13.2. The van der Waals surface area contributed by atoms with Crippen LogP contribution in [0.1, 0.15) is 22.9 Å². The zero-order valence-corrected chi connectivity index (χ0v) is 22.8. The van der Waals surface area contributed by atoms with Crippen LogP contribution >= 0.6 is 22.7 Å². The first-order valence-corrected chi connectivity index (χ1v) is 14.4. The highest BCUT2D eigenvalue weighted by Crippen LogP contribution is 2.31. The molecule has 3 atom stereocenters. The van der Waals surface area contributed by atoms with Gasteiger partial charge >= 0.3 is 6.09 Å². The van der Waals surface area contributed by atoms with Crippen LogP contribution in [-0.4, -0.2) is 38.9 Å². The number of hydrogen-bond donors (Lipinski definition) is 4. The molecule has 2 amide bonds. The number of carbonyl (C=O) groups is 2. The number of methoxy groups -OCH3 is 1. The van der Waals surface area contributed by atoms with E-state index in [0.29, 0.717) is 17.8 Å². The summed E-state index contributed by atoms with van der Waals surface area (Å²) >= 11 is 0.911. The zero-order chi connectivity index (χ0) is 26.9. The molecular weight excluding hydrogens is 545 g/mol. The fourth-order valence-corrected chi connectivity index (χ4v) is 5.79. The number of nitrogens with zero attached hydrogens (tertiary/aromatic N) is 1. The highest BCUT2D eigenvalue weighted by molar-refractivity contribution is 7.80. The van der Waals surface area contributed by atoms with E-state index in [2.05, 4.69) is 15.4 Å². The second kappa shape index (κ2) is 13.3. The number of nitrogens with one attached hydrogen (secondary N) is 3. The average Bonchev–Trinajstić information content (AvgIpc) is 3.62. The maximum absolute atomic E-state index is 13.5. The molecule has 0 aliphatic heterocycles. The summed E-state index contributed by atoms with van der Waals surface area (Å²) < 4.78 is 27.3. The zero-order valence-electron chi connectivity index (χ0n) is 20.3. The summed E-state index contributed by atoms with van der Waals surface area (Å²) in [6.45, 7) is 0. The van der Waals surface area contributed by atoms with Gasteiger partial charge in [-0.2, -0.15) is 0 Å². The Hall–Kier alpha value is -3.58. The quantitative estimate of drug-likeness (QED) is 0.192. The molecule has 12 heteroatoms. The third-order valence-electron chi connectivity index (χ3n) is 5.60. The molecule has 2 aromatic heterocycles. The van der Waals surface area contributed by atoms with Crippen molar-refractivity contribution in [1.82, 2.24) is 15.6 Å². The van der Waals surface area contributed by atoms with Crippen LogP contribution in [0.15, 0.2) is 77.5 Å². The molecule has 0 bridgehead atoms. The van der Waals surface area contributed by atoms with Crippen LogP contribution in [0.25, 0.3) is 9.88 Å². The fraction of sp³-hybridized carbons (Fsp3) is 0.192. The molecule has 1 unspecified atom stereocenters. The van der Waals surface area contributed by atoms with E-state index in [4.69, 9.17) is 14.3 Å². The smallest absolute Gasteiger partial charge is 0.407 e.